The summed E-state index contributed by atoms with van der Waals surface area (Å²) in [5.41, 5.74) is 0.615. The summed E-state index contributed by atoms with van der Waals surface area (Å²) in [7, 11) is 1.99. The molecule has 0 fully saturated rings. The quantitative estimate of drug-likeness (QED) is 0.482. The fourth-order valence-corrected chi connectivity index (χ4v) is 3.36. The second-order valence-electron chi connectivity index (χ2n) is 5.50. The van der Waals surface area contributed by atoms with Crippen molar-refractivity contribution in [2.75, 3.05) is 32.5 Å². The predicted molar refractivity (Wildman–Crippen MR) is 105 cm³/mol. The summed E-state index contributed by atoms with van der Waals surface area (Å²) in [5.74, 6) is 1.07. The Morgan fingerprint density at radius 3 is 2.83 bits per heavy atom. The highest BCUT2D eigenvalue weighted by Gasteiger charge is 2.16. The van der Waals surface area contributed by atoms with Crippen molar-refractivity contribution in [3.63, 3.8) is 0 Å². The Bertz CT molecular complexity index is 582. The molecule has 2 rings (SSSR count). The summed E-state index contributed by atoms with van der Waals surface area (Å²) in [6, 6.07) is 5.26. The van der Waals surface area contributed by atoms with Crippen LogP contribution in [0.4, 0.5) is 0 Å². The van der Waals surface area contributed by atoms with Crippen molar-refractivity contribution in [1.29, 1.82) is 0 Å². The summed E-state index contributed by atoms with van der Waals surface area (Å²) >= 11 is 7.70. The van der Waals surface area contributed by atoms with Crippen LogP contribution in [-0.2, 0) is 0 Å². The number of Topliss-reactive ketones (excluding diaryl/α,β-unsaturated/α-hetero) is 1. The molecule has 0 N–H and O–H groups in total. The van der Waals surface area contributed by atoms with Gasteiger partial charge in [-0.1, -0.05) is 43.1 Å². The summed E-state index contributed by atoms with van der Waals surface area (Å²) in [6.45, 7) is 4.54. The molecule has 0 bridgehead atoms. The minimum absolute atomic E-state index is 0. The van der Waals surface area contributed by atoms with Crippen LogP contribution in [0.15, 0.2) is 23.2 Å². The van der Waals surface area contributed by atoms with Gasteiger partial charge in [0.05, 0.1) is 23.9 Å². The molecule has 0 aromatic heterocycles. The number of halogens is 2. The first-order chi connectivity index (χ1) is 11.1. The first-order valence-corrected chi connectivity index (χ1v) is 9.32. The van der Waals surface area contributed by atoms with Gasteiger partial charge in [0.1, 0.15) is 5.75 Å². The van der Waals surface area contributed by atoms with E-state index in [1.165, 1.54) is 11.8 Å². The van der Waals surface area contributed by atoms with Crippen LogP contribution < -0.4 is 4.74 Å². The molecule has 1 heterocycles. The topological polar surface area (TPSA) is 41.9 Å². The average molecular weight is 391 g/mol. The van der Waals surface area contributed by atoms with Crippen LogP contribution in [0.2, 0.25) is 5.02 Å². The normalized spacial score (nSPS) is 13.5. The lowest BCUT2D eigenvalue weighted by molar-refractivity contribution is 0.102. The number of benzene rings is 1. The molecule has 134 valence electrons. The van der Waals surface area contributed by atoms with Crippen molar-refractivity contribution in [3.8, 4) is 5.75 Å². The second-order valence-corrected chi connectivity index (χ2v) is 6.85. The number of ketones is 1. The standard InChI is InChI=1S/C17H23ClN2O2S.ClH/c1-3-4-5-10-22-16-7-6-13(11-14(16)18)15(21)12-23-17-19-8-9-20(17)2;/h6-7,11H,3-5,8-10,12H2,1-2H3;1H. The van der Waals surface area contributed by atoms with Crippen molar-refractivity contribution in [1.82, 2.24) is 4.90 Å². The Labute approximate surface area is 159 Å². The lowest BCUT2D eigenvalue weighted by Crippen LogP contribution is -2.21. The monoisotopic (exact) mass is 390 g/mol. The van der Waals surface area contributed by atoms with Crippen molar-refractivity contribution in [2.45, 2.75) is 26.2 Å². The number of amidine groups is 1. The fraction of sp³-hybridized carbons (Fsp3) is 0.529. The molecule has 1 aliphatic heterocycles. The van der Waals surface area contributed by atoms with Gasteiger partial charge in [0.15, 0.2) is 11.0 Å². The molecule has 0 saturated heterocycles. The van der Waals surface area contributed by atoms with Crippen LogP contribution in [0, 0.1) is 0 Å². The summed E-state index contributed by atoms with van der Waals surface area (Å²) in [5, 5.41) is 1.42. The molecule has 0 atom stereocenters. The Morgan fingerprint density at radius 1 is 1.42 bits per heavy atom. The number of rotatable bonds is 8. The maximum Gasteiger partial charge on any atom is 0.173 e. The number of ether oxygens (including phenoxy) is 1. The van der Waals surface area contributed by atoms with E-state index in [0.717, 1.165) is 37.5 Å². The van der Waals surface area contributed by atoms with E-state index in [-0.39, 0.29) is 18.2 Å². The van der Waals surface area contributed by atoms with Crippen LogP contribution in [0.1, 0.15) is 36.5 Å². The number of hydrogen-bond acceptors (Lipinski definition) is 5. The number of thioether (sulfide) groups is 1. The highest BCUT2D eigenvalue weighted by Crippen LogP contribution is 2.26. The van der Waals surface area contributed by atoms with Crippen LogP contribution in [-0.4, -0.2) is 48.3 Å². The highest BCUT2D eigenvalue weighted by atomic mass is 35.5. The lowest BCUT2D eigenvalue weighted by atomic mass is 10.1. The Hall–Kier alpha value is -0.910. The molecule has 0 amide bonds. The molecule has 0 spiro atoms. The maximum absolute atomic E-state index is 12.3. The van der Waals surface area contributed by atoms with E-state index in [2.05, 4.69) is 16.8 Å². The number of hydrogen-bond donors (Lipinski definition) is 0. The molecule has 1 aromatic rings. The lowest BCUT2D eigenvalue weighted by Gasteiger charge is -2.12. The van der Waals surface area contributed by atoms with Gasteiger partial charge in [-0.2, -0.15) is 0 Å². The Balaban J connectivity index is 0.00000288. The van der Waals surface area contributed by atoms with Gasteiger partial charge in [0.25, 0.3) is 0 Å². The second kappa shape index (κ2) is 10.9. The SMILES string of the molecule is CCCCCOc1ccc(C(=O)CSC2=NCCN2C)cc1Cl.Cl. The maximum atomic E-state index is 12.3. The molecule has 0 aliphatic carbocycles. The summed E-state index contributed by atoms with van der Waals surface area (Å²) in [4.78, 5) is 18.7. The largest absolute Gasteiger partial charge is 0.492 e. The van der Waals surface area contributed by atoms with Gasteiger partial charge in [0.2, 0.25) is 0 Å². The molecule has 7 heteroatoms. The van der Waals surface area contributed by atoms with Gasteiger partial charge < -0.3 is 9.64 Å². The van der Waals surface area contributed by atoms with E-state index >= 15 is 0 Å². The fourth-order valence-electron chi connectivity index (χ4n) is 2.21. The number of aliphatic imine (C=N–C) groups is 1. The van der Waals surface area contributed by atoms with E-state index in [1.54, 1.807) is 18.2 Å². The molecule has 4 nitrogen and oxygen atoms in total. The van der Waals surface area contributed by atoms with Gasteiger partial charge >= 0.3 is 0 Å². The third-order valence-corrected chi connectivity index (χ3v) is 5.00. The molecule has 0 radical (unpaired) electrons. The van der Waals surface area contributed by atoms with Crippen LogP contribution in [0.25, 0.3) is 0 Å². The van der Waals surface area contributed by atoms with Crippen LogP contribution in [0.3, 0.4) is 0 Å². The zero-order chi connectivity index (χ0) is 16.7. The molecular formula is C17H24Cl2N2O2S. The number of carbonyl (C=O) groups is 1. The minimum Gasteiger partial charge on any atom is -0.492 e. The van der Waals surface area contributed by atoms with Crippen molar-refractivity contribution < 1.29 is 9.53 Å². The van der Waals surface area contributed by atoms with Gasteiger partial charge in [0, 0.05) is 19.2 Å². The Morgan fingerprint density at radius 2 is 2.21 bits per heavy atom. The third-order valence-electron chi connectivity index (χ3n) is 3.60. The number of likely N-dealkylation sites (N-methyl/N-ethyl adjacent to an activating group) is 1. The van der Waals surface area contributed by atoms with Gasteiger partial charge in [-0.25, -0.2) is 0 Å². The van der Waals surface area contributed by atoms with E-state index in [1.807, 2.05) is 7.05 Å². The molecule has 0 saturated carbocycles. The molecule has 1 aromatic carbocycles. The zero-order valence-corrected chi connectivity index (χ0v) is 16.5. The van der Waals surface area contributed by atoms with Crippen LogP contribution in [0.5, 0.6) is 5.75 Å². The van der Waals surface area contributed by atoms with Crippen molar-refractivity contribution >= 4 is 46.7 Å². The van der Waals surface area contributed by atoms with Crippen molar-refractivity contribution in [2.24, 2.45) is 4.99 Å². The van der Waals surface area contributed by atoms with E-state index in [9.17, 15) is 4.79 Å². The molecule has 0 unspecified atom stereocenters. The van der Waals surface area contributed by atoms with Crippen LogP contribution >= 0.6 is 35.8 Å². The minimum atomic E-state index is 0. The van der Waals surface area contributed by atoms with E-state index in [0.29, 0.717) is 28.7 Å². The zero-order valence-electron chi connectivity index (χ0n) is 14.1. The molecule has 1 aliphatic rings. The average Bonchev–Trinajstić information content (AvgIpc) is 2.95. The number of carbonyl (C=O) groups excluding carboxylic acids is 1. The Kier molecular flexibility index (Phi) is 9.56. The molecular weight excluding hydrogens is 367 g/mol. The first-order valence-electron chi connectivity index (χ1n) is 7.95. The van der Waals surface area contributed by atoms with E-state index in [4.69, 9.17) is 16.3 Å². The van der Waals surface area contributed by atoms with Gasteiger partial charge in [-0.15, -0.1) is 12.4 Å². The third kappa shape index (κ3) is 6.19. The summed E-state index contributed by atoms with van der Waals surface area (Å²) in [6.07, 6.45) is 3.31. The number of unbranched alkanes of at least 4 members (excludes halogenated alkanes) is 2. The van der Waals surface area contributed by atoms with Crippen molar-refractivity contribution in [3.05, 3.63) is 28.8 Å². The summed E-state index contributed by atoms with van der Waals surface area (Å²) < 4.78 is 5.65. The smallest absolute Gasteiger partial charge is 0.173 e. The van der Waals surface area contributed by atoms with E-state index < -0.39 is 0 Å². The molecule has 24 heavy (non-hydrogen) atoms. The van der Waals surface area contributed by atoms with Gasteiger partial charge in [-0.05, 0) is 24.6 Å². The highest BCUT2D eigenvalue weighted by molar-refractivity contribution is 8.14. The first kappa shape index (κ1) is 21.1. The van der Waals surface area contributed by atoms with Gasteiger partial charge in [-0.3, -0.25) is 9.79 Å². The predicted octanol–water partition coefficient (Wildman–Crippen LogP) is 4.55. The number of nitrogens with zero attached hydrogens (tertiary/aromatic N) is 2.